The molecule has 6 heteroatoms. The number of thioether (sulfide) groups is 1. The average molecular weight is 336 g/mol. The molecule has 4 nitrogen and oxygen atoms in total. The molecular formula is C15H29NO3S2. The highest BCUT2D eigenvalue weighted by atomic mass is 32.2. The largest absolute Gasteiger partial charge is 0.393 e. The van der Waals surface area contributed by atoms with Crippen LogP contribution in [0.25, 0.3) is 0 Å². The summed E-state index contributed by atoms with van der Waals surface area (Å²) in [5.41, 5.74) is 0.258. The lowest BCUT2D eigenvalue weighted by Crippen LogP contribution is -2.51. The SMILES string of the molecule is CCS(=O)(=O)C1CSCCN1CC1CC(C)(C)CCC1O. The molecule has 21 heavy (non-hydrogen) atoms. The Morgan fingerprint density at radius 3 is 2.76 bits per heavy atom. The number of hydrogen-bond acceptors (Lipinski definition) is 5. The first-order valence-corrected chi connectivity index (χ1v) is 10.8. The number of nitrogens with zero attached hydrogens (tertiary/aromatic N) is 1. The quantitative estimate of drug-likeness (QED) is 0.851. The van der Waals surface area contributed by atoms with Gasteiger partial charge in [-0.3, -0.25) is 4.90 Å². The molecule has 0 aromatic carbocycles. The standard InChI is InChI=1S/C15H29NO3S2/c1-4-21(18,19)14-11-20-8-7-16(14)10-12-9-15(2,3)6-5-13(12)17/h12-14,17H,4-11H2,1-3H3. The van der Waals surface area contributed by atoms with Crippen LogP contribution in [-0.2, 0) is 9.84 Å². The van der Waals surface area contributed by atoms with Crippen LogP contribution in [0.1, 0.15) is 40.0 Å². The van der Waals surface area contributed by atoms with Crippen molar-refractivity contribution in [1.82, 2.24) is 4.90 Å². The van der Waals surface area contributed by atoms with Gasteiger partial charge < -0.3 is 5.11 Å². The molecule has 1 N–H and O–H groups in total. The van der Waals surface area contributed by atoms with Gasteiger partial charge in [-0.05, 0) is 30.6 Å². The lowest BCUT2D eigenvalue weighted by Gasteiger charge is -2.43. The maximum absolute atomic E-state index is 12.3. The van der Waals surface area contributed by atoms with Gasteiger partial charge in [-0.2, -0.15) is 11.8 Å². The topological polar surface area (TPSA) is 57.6 Å². The highest BCUT2D eigenvalue weighted by Gasteiger charge is 2.39. The number of rotatable bonds is 4. The summed E-state index contributed by atoms with van der Waals surface area (Å²) in [6, 6.07) is 0. The van der Waals surface area contributed by atoms with Crippen LogP contribution in [0, 0.1) is 11.3 Å². The van der Waals surface area contributed by atoms with Crippen molar-refractivity contribution in [2.24, 2.45) is 11.3 Å². The van der Waals surface area contributed by atoms with Gasteiger partial charge in [-0.15, -0.1) is 0 Å². The normalized spacial score (nSPS) is 34.8. The van der Waals surface area contributed by atoms with Crippen molar-refractivity contribution in [2.45, 2.75) is 51.5 Å². The molecule has 0 spiro atoms. The van der Waals surface area contributed by atoms with Gasteiger partial charge in [0.25, 0.3) is 0 Å². The summed E-state index contributed by atoms with van der Waals surface area (Å²) >= 11 is 1.73. The van der Waals surface area contributed by atoms with Crippen LogP contribution in [0.2, 0.25) is 0 Å². The van der Waals surface area contributed by atoms with Crippen molar-refractivity contribution in [3.8, 4) is 0 Å². The van der Waals surface area contributed by atoms with Crippen LogP contribution in [0.3, 0.4) is 0 Å². The van der Waals surface area contributed by atoms with Crippen LogP contribution in [-0.4, -0.2) is 60.3 Å². The Morgan fingerprint density at radius 1 is 1.38 bits per heavy atom. The van der Waals surface area contributed by atoms with E-state index in [1.807, 2.05) is 0 Å². The van der Waals surface area contributed by atoms with E-state index in [9.17, 15) is 13.5 Å². The molecule has 0 radical (unpaired) electrons. The Labute approximate surface area is 133 Å². The Morgan fingerprint density at radius 2 is 2.10 bits per heavy atom. The molecule has 124 valence electrons. The lowest BCUT2D eigenvalue weighted by atomic mass is 9.70. The van der Waals surface area contributed by atoms with Gasteiger partial charge in [0.05, 0.1) is 6.10 Å². The van der Waals surface area contributed by atoms with Crippen molar-refractivity contribution < 1.29 is 13.5 Å². The fourth-order valence-electron chi connectivity index (χ4n) is 3.56. The molecule has 0 bridgehead atoms. The van der Waals surface area contributed by atoms with E-state index < -0.39 is 9.84 Å². The summed E-state index contributed by atoms with van der Waals surface area (Å²) in [6.45, 7) is 7.76. The number of aliphatic hydroxyl groups excluding tert-OH is 1. The minimum Gasteiger partial charge on any atom is -0.393 e. The van der Waals surface area contributed by atoms with Gasteiger partial charge in [0.2, 0.25) is 0 Å². The van der Waals surface area contributed by atoms with Crippen molar-refractivity contribution >= 4 is 21.6 Å². The Hall–Kier alpha value is 0.220. The second-order valence-electron chi connectivity index (χ2n) is 7.21. The number of sulfone groups is 1. The van der Waals surface area contributed by atoms with Gasteiger partial charge in [-0.25, -0.2) is 8.42 Å². The van der Waals surface area contributed by atoms with Crippen LogP contribution >= 0.6 is 11.8 Å². The van der Waals surface area contributed by atoms with Gasteiger partial charge >= 0.3 is 0 Å². The van der Waals surface area contributed by atoms with Gasteiger partial charge in [0.15, 0.2) is 9.84 Å². The summed E-state index contributed by atoms with van der Waals surface area (Å²) in [6.07, 6.45) is 2.59. The third kappa shape index (κ3) is 4.36. The third-order valence-electron chi connectivity index (χ3n) is 4.95. The second-order valence-corrected chi connectivity index (χ2v) is 10.8. The van der Waals surface area contributed by atoms with Gasteiger partial charge in [0, 0.05) is 30.3 Å². The van der Waals surface area contributed by atoms with Crippen molar-refractivity contribution in [3.05, 3.63) is 0 Å². The van der Waals surface area contributed by atoms with E-state index in [-0.39, 0.29) is 28.6 Å². The van der Waals surface area contributed by atoms with E-state index >= 15 is 0 Å². The molecular weight excluding hydrogens is 306 g/mol. The molecule has 0 aromatic heterocycles. The van der Waals surface area contributed by atoms with Crippen molar-refractivity contribution in [1.29, 1.82) is 0 Å². The van der Waals surface area contributed by atoms with Crippen LogP contribution in [0.15, 0.2) is 0 Å². The smallest absolute Gasteiger partial charge is 0.166 e. The lowest BCUT2D eigenvalue weighted by molar-refractivity contribution is 0.00357. The minimum atomic E-state index is -3.04. The molecule has 2 rings (SSSR count). The van der Waals surface area contributed by atoms with E-state index in [0.717, 1.165) is 38.1 Å². The zero-order valence-electron chi connectivity index (χ0n) is 13.4. The first-order valence-electron chi connectivity index (χ1n) is 7.96. The maximum Gasteiger partial charge on any atom is 0.166 e. The average Bonchev–Trinajstić information content (AvgIpc) is 2.43. The second kappa shape index (κ2) is 6.77. The third-order valence-corrected chi connectivity index (χ3v) is 8.28. The minimum absolute atomic E-state index is 0.200. The van der Waals surface area contributed by atoms with Crippen molar-refractivity contribution in [3.63, 3.8) is 0 Å². The first-order chi connectivity index (χ1) is 9.75. The van der Waals surface area contributed by atoms with E-state index in [0.29, 0.717) is 5.75 Å². The molecule has 1 heterocycles. The van der Waals surface area contributed by atoms with E-state index in [1.54, 1.807) is 18.7 Å². The van der Waals surface area contributed by atoms with Crippen LogP contribution in [0.5, 0.6) is 0 Å². The fraction of sp³-hybridized carbons (Fsp3) is 1.00. The predicted molar refractivity (Wildman–Crippen MR) is 89.3 cm³/mol. The predicted octanol–water partition coefficient (Wildman–Crippen LogP) is 1.98. The summed E-state index contributed by atoms with van der Waals surface area (Å²) in [7, 11) is -3.04. The fourth-order valence-corrected chi connectivity index (χ4v) is 6.65. The van der Waals surface area contributed by atoms with E-state index in [2.05, 4.69) is 18.7 Å². The van der Waals surface area contributed by atoms with Crippen LogP contribution < -0.4 is 0 Å². The highest BCUT2D eigenvalue weighted by molar-refractivity contribution is 8.01. The summed E-state index contributed by atoms with van der Waals surface area (Å²) in [4.78, 5) is 2.12. The number of aliphatic hydroxyl groups is 1. The molecule has 3 atom stereocenters. The van der Waals surface area contributed by atoms with E-state index in [4.69, 9.17) is 0 Å². The summed E-state index contributed by atoms with van der Waals surface area (Å²) in [5.74, 6) is 2.06. The maximum atomic E-state index is 12.3. The van der Waals surface area contributed by atoms with Crippen molar-refractivity contribution in [2.75, 3.05) is 30.3 Å². The van der Waals surface area contributed by atoms with Gasteiger partial charge in [-0.1, -0.05) is 20.8 Å². The molecule has 1 saturated heterocycles. The molecule has 0 amide bonds. The van der Waals surface area contributed by atoms with Gasteiger partial charge in [0.1, 0.15) is 5.37 Å². The Bertz CT molecular complexity index is 450. The Balaban J connectivity index is 2.08. The molecule has 2 aliphatic rings. The van der Waals surface area contributed by atoms with E-state index in [1.165, 1.54) is 0 Å². The zero-order chi connectivity index (χ0) is 15.7. The molecule has 2 fully saturated rings. The summed E-state index contributed by atoms with van der Waals surface area (Å²) < 4.78 is 24.6. The summed E-state index contributed by atoms with van der Waals surface area (Å²) in [5, 5.41) is 9.93. The molecule has 1 aliphatic heterocycles. The highest BCUT2D eigenvalue weighted by Crippen LogP contribution is 2.39. The molecule has 1 aliphatic carbocycles. The zero-order valence-corrected chi connectivity index (χ0v) is 15.0. The number of hydrogen-bond donors (Lipinski definition) is 1. The van der Waals surface area contributed by atoms with Crippen LogP contribution in [0.4, 0.5) is 0 Å². The first kappa shape index (κ1) is 17.6. The Kier molecular flexibility index (Phi) is 5.66. The monoisotopic (exact) mass is 335 g/mol. The molecule has 0 aromatic rings. The molecule has 1 saturated carbocycles. The molecule has 3 unspecified atom stereocenters.